The van der Waals surface area contributed by atoms with Crippen LogP contribution in [0, 0.1) is 5.92 Å². The van der Waals surface area contributed by atoms with Crippen molar-refractivity contribution < 1.29 is 9.59 Å². The van der Waals surface area contributed by atoms with Crippen LogP contribution in [0.15, 0.2) is 29.3 Å². The molecule has 0 radical (unpaired) electrons. The number of hydrogen-bond donors (Lipinski definition) is 1. The van der Waals surface area contributed by atoms with Crippen molar-refractivity contribution in [2.75, 3.05) is 31.1 Å². The molecular weight excluding hydrogens is 360 g/mol. The number of rotatable bonds is 7. The van der Waals surface area contributed by atoms with Gasteiger partial charge in [0.25, 0.3) is 5.91 Å². The van der Waals surface area contributed by atoms with Crippen LogP contribution < -0.4 is 10.2 Å². The number of likely N-dealkylation sites (N-methyl/N-ethyl adjacent to an activating group) is 1. The monoisotopic (exact) mass is 380 g/mol. The van der Waals surface area contributed by atoms with Gasteiger partial charge in [-0.05, 0) is 37.4 Å². The molecule has 1 aromatic rings. The number of benzene rings is 1. The fraction of sp³-hybridized carbons (Fsp3) is 0.412. The van der Waals surface area contributed by atoms with Gasteiger partial charge in [-0.15, -0.1) is 0 Å². The van der Waals surface area contributed by atoms with Crippen LogP contribution in [0.4, 0.5) is 5.69 Å². The van der Waals surface area contributed by atoms with Crippen LogP contribution >= 0.6 is 23.8 Å². The van der Waals surface area contributed by atoms with Crippen molar-refractivity contribution in [2.45, 2.75) is 13.8 Å². The lowest BCUT2D eigenvalue weighted by Gasteiger charge is -2.31. The molecule has 0 aromatic heterocycles. The molecule has 0 bridgehead atoms. The first-order chi connectivity index (χ1) is 12.0. The fourth-order valence-electron chi connectivity index (χ4n) is 2.50. The molecule has 0 aliphatic carbocycles. The number of amides is 2. The second-order valence-electron chi connectivity index (χ2n) is 5.48. The van der Waals surface area contributed by atoms with Crippen LogP contribution in [0.3, 0.4) is 0 Å². The zero-order valence-corrected chi connectivity index (χ0v) is 15.8. The minimum Gasteiger partial charge on any atom is -0.302 e. The highest BCUT2D eigenvalue weighted by atomic mass is 35.5. The number of nitrogens with zero attached hydrogens (tertiary/aromatic N) is 3. The first-order valence-corrected chi connectivity index (χ1v) is 8.93. The highest BCUT2D eigenvalue weighted by Gasteiger charge is 2.38. The number of para-hydroxylation sites is 1. The van der Waals surface area contributed by atoms with Crippen molar-refractivity contribution in [2.24, 2.45) is 10.9 Å². The number of nitrogens with one attached hydrogen (secondary N) is 1. The van der Waals surface area contributed by atoms with Gasteiger partial charge >= 0.3 is 0 Å². The Balaban J connectivity index is 2.13. The third-order valence-electron chi connectivity index (χ3n) is 3.99. The quantitative estimate of drug-likeness (QED) is 0.447. The molecule has 134 valence electrons. The maximum atomic E-state index is 12.8. The minimum absolute atomic E-state index is 0.0240. The van der Waals surface area contributed by atoms with Crippen LogP contribution in [0.25, 0.3) is 0 Å². The number of carbonyl (C=O) groups excluding carboxylic acids is 2. The van der Waals surface area contributed by atoms with E-state index in [0.29, 0.717) is 17.3 Å². The van der Waals surface area contributed by atoms with Crippen LogP contribution in [0.2, 0.25) is 5.02 Å². The van der Waals surface area contributed by atoms with Gasteiger partial charge in [0.05, 0.1) is 17.3 Å². The van der Waals surface area contributed by atoms with Gasteiger partial charge in [0, 0.05) is 12.8 Å². The number of halogens is 1. The molecule has 1 aliphatic heterocycles. The third kappa shape index (κ3) is 4.62. The highest BCUT2D eigenvalue weighted by molar-refractivity contribution is 7.80. The zero-order valence-electron chi connectivity index (χ0n) is 14.2. The molecule has 8 heteroatoms. The molecule has 2 amide bonds. The van der Waals surface area contributed by atoms with Gasteiger partial charge in [-0.2, -0.15) is 0 Å². The van der Waals surface area contributed by atoms with E-state index in [-0.39, 0.29) is 5.11 Å². The van der Waals surface area contributed by atoms with Gasteiger partial charge in [0.2, 0.25) is 5.91 Å². The van der Waals surface area contributed by atoms with Crippen molar-refractivity contribution in [3.8, 4) is 0 Å². The topological polar surface area (TPSA) is 65.0 Å². The van der Waals surface area contributed by atoms with Gasteiger partial charge in [0.1, 0.15) is 0 Å². The molecule has 0 spiro atoms. The van der Waals surface area contributed by atoms with E-state index in [1.165, 1.54) is 11.1 Å². The van der Waals surface area contributed by atoms with Gasteiger partial charge in [-0.1, -0.05) is 37.6 Å². The van der Waals surface area contributed by atoms with E-state index in [4.69, 9.17) is 23.8 Å². The Morgan fingerprint density at radius 1 is 1.32 bits per heavy atom. The summed E-state index contributed by atoms with van der Waals surface area (Å²) in [5.41, 5.74) is 0.445. The molecular formula is C17H21ClN4O2S. The van der Waals surface area contributed by atoms with E-state index in [1.54, 1.807) is 24.3 Å². The van der Waals surface area contributed by atoms with E-state index >= 15 is 0 Å². The molecule has 6 nitrogen and oxygen atoms in total. The summed E-state index contributed by atoms with van der Waals surface area (Å²) < 4.78 is 0. The average Bonchev–Trinajstić information content (AvgIpc) is 2.59. The van der Waals surface area contributed by atoms with Gasteiger partial charge in [-0.25, -0.2) is 0 Å². The van der Waals surface area contributed by atoms with Crippen molar-refractivity contribution in [3.63, 3.8) is 0 Å². The molecule has 25 heavy (non-hydrogen) atoms. The van der Waals surface area contributed by atoms with E-state index in [2.05, 4.69) is 29.1 Å². The van der Waals surface area contributed by atoms with Gasteiger partial charge in [-0.3, -0.25) is 19.5 Å². The van der Waals surface area contributed by atoms with Crippen molar-refractivity contribution in [1.82, 2.24) is 10.2 Å². The normalized spacial score (nSPS) is 18.3. The molecule has 1 saturated heterocycles. The number of hydrogen-bond acceptors (Lipinski definition) is 5. The summed E-state index contributed by atoms with van der Waals surface area (Å²) in [5, 5.41) is 2.95. The van der Waals surface area contributed by atoms with Gasteiger partial charge < -0.3 is 10.2 Å². The van der Waals surface area contributed by atoms with Gasteiger partial charge in [0.15, 0.2) is 11.0 Å². The third-order valence-corrected chi connectivity index (χ3v) is 4.59. The Morgan fingerprint density at radius 2 is 2.00 bits per heavy atom. The maximum Gasteiger partial charge on any atom is 0.251 e. The van der Waals surface area contributed by atoms with Crippen LogP contribution in [-0.2, 0) is 9.59 Å². The number of thiocarbonyl (C=S) groups is 1. The molecule has 2 rings (SSSR count). The van der Waals surface area contributed by atoms with Crippen molar-refractivity contribution in [3.05, 3.63) is 29.3 Å². The lowest BCUT2D eigenvalue weighted by Crippen LogP contribution is -2.58. The number of carbonyl (C=O) groups is 2. The molecule has 1 aliphatic rings. The molecule has 1 N–H and O–H groups in total. The molecule has 1 aromatic carbocycles. The molecule has 0 saturated carbocycles. The Labute approximate surface area is 157 Å². The molecule has 1 fully saturated rings. The summed E-state index contributed by atoms with van der Waals surface area (Å²) >= 11 is 11.3. The summed E-state index contributed by atoms with van der Waals surface area (Å²) in [6.07, 6.45) is 1.40. The smallest absolute Gasteiger partial charge is 0.251 e. The van der Waals surface area contributed by atoms with E-state index in [0.717, 1.165) is 19.6 Å². The molecule has 1 heterocycles. The van der Waals surface area contributed by atoms with E-state index < -0.39 is 17.7 Å². The van der Waals surface area contributed by atoms with Crippen molar-refractivity contribution >= 4 is 52.6 Å². The highest BCUT2D eigenvalue weighted by Crippen LogP contribution is 2.28. The van der Waals surface area contributed by atoms with Crippen LogP contribution in [0.5, 0.6) is 0 Å². The Bertz CT molecular complexity index is 691. The van der Waals surface area contributed by atoms with Crippen LogP contribution in [0.1, 0.15) is 13.8 Å². The maximum absolute atomic E-state index is 12.8. The standard InChI is InChI=1S/C17H21ClN4O2S/c1-3-21(4-2)10-9-19-11-12-15(23)20-17(25)22(16(12)24)14-8-6-5-7-13(14)18/h5-8,11-12H,3-4,9-10H2,1-2H3,(H,20,23,25). The fourth-order valence-corrected chi connectivity index (χ4v) is 3.01. The molecule has 1 unspecified atom stereocenters. The Morgan fingerprint density at radius 3 is 2.64 bits per heavy atom. The zero-order chi connectivity index (χ0) is 18.4. The first-order valence-electron chi connectivity index (χ1n) is 8.15. The summed E-state index contributed by atoms with van der Waals surface area (Å²) in [4.78, 5) is 32.6. The second-order valence-corrected chi connectivity index (χ2v) is 6.27. The lowest BCUT2D eigenvalue weighted by molar-refractivity contribution is -0.130. The Hall–Kier alpha value is -1.83. The summed E-state index contributed by atoms with van der Waals surface area (Å²) in [7, 11) is 0. The molecule has 1 atom stereocenters. The predicted octanol–water partition coefficient (Wildman–Crippen LogP) is 2.12. The average molecular weight is 381 g/mol. The largest absolute Gasteiger partial charge is 0.302 e. The summed E-state index contributed by atoms with van der Waals surface area (Å²) in [6, 6.07) is 6.85. The second kappa shape index (κ2) is 9.03. The van der Waals surface area contributed by atoms with E-state index in [1.807, 2.05) is 0 Å². The van der Waals surface area contributed by atoms with Crippen LogP contribution in [-0.4, -0.2) is 54.2 Å². The lowest BCUT2D eigenvalue weighted by atomic mass is 10.1. The summed E-state index contributed by atoms with van der Waals surface area (Å²) in [5.74, 6) is -1.93. The first kappa shape index (κ1) is 19.5. The minimum atomic E-state index is -1.01. The number of aliphatic imine (C=N–C) groups is 1. The van der Waals surface area contributed by atoms with Crippen molar-refractivity contribution in [1.29, 1.82) is 0 Å². The van der Waals surface area contributed by atoms with E-state index in [9.17, 15) is 9.59 Å². The predicted molar refractivity (Wildman–Crippen MR) is 104 cm³/mol. The Kier molecular flexibility index (Phi) is 7.04. The summed E-state index contributed by atoms with van der Waals surface area (Å²) in [6.45, 7) is 7.32. The number of anilines is 1. The SMILES string of the molecule is CCN(CC)CCN=CC1C(=O)NC(=S)N(c2ccccc2Cl)C1=O.